The van der Waals surface area contributed by atoms with Crippen LogP contribution in [0.5, 0.6) is 5.75 Å². The first-order valence-electron chi connectivity index (χ1n) is 6.67. The maximum Gasteiger partial charge on any atom is 0.573 e. The second-order valence-electron chi connectivity index (χ2n) is 5.02. The van der Waals surface area contributed by atoms with Crippen molar-refractivity contribution < 1.29 is 27.8 Å². The Morgan fingerprint density at radius 2 is 2.14 bits per heavy atom. The van der Waals surface area contributed by atoms with E-state index >= 15 is 0 Å². The van der Waals surface area contributed by atoms with Gasteiger partial charge in [0.1, 0.15) is 11.8 Å². The molecule has 1 fully saturated rings. The van der Waals surface area contributed by atoms with Crippen LogP contribution < -0.4 is 4.74 Å². The lowest BCUT2D eigenvalue weighted by atomic mass is 10.0. The summed E-state index contributed by atoms with van der Waals surface area (Å²) < 4.78 is 40.4. The first-order chi connectivity index (χ1) is 9.85. The van der Waals surface area contributed by atoms with E-state index in [1.165, 1.54) is 18.2 Å². The highest BCUT2D eigenvalue weighted by Gasteiger charge is 2.31. The number of likely N-dealkylation sites (tertiary alicyclic amines) is 1. The van der Waals surface area contributed by atoms with Crippen LogP contribution in [-0.2, 0) is 11.3 Å². The van der Waals surface area contributed by atoms with Gasteiger partial charge >= 0.3 is 12.3 Å². The highest BCUT2D eigenvalue weighted by atomic mass is 19.4. The number of nitrogens with zero attached hydrogens (tertiary/aromatic N) is 1. The predicted molar refractivity (Wildman–Crippen MR) is 68.8 cm³/mol. The summed E-state index contributed by atoms with van der Waals surface area (Å²) in [6.07, 6.45) is -2.42. The second-order valence-corrected chi connectivity index (χ2v) is 5.02. The topological polar surface area (TPSA) is 49.8 Å². The molecule has 1 aromatic carbocycles. The smallest absolute Gasteiger partial charge is 0.480 e. The summed E-state index contributed by atoms with van der Waals surface area (Å²) in [5.41, 5.74) is 0.602. The Morgan fingerprint density at radius 3 is 2.81 bits per heavy atom. The minimum Gasteiger partial charge on any atom is -0.480 e. The van der Waals surface area contributed by atoms with Gasteiger partial charge in [-0.05, 0) is 37.1 Å². The van der Waals surface area contributed by atoms with Crippen LogP contribution in [0.15, 0.2) is 24.3 Å². The molecule has 1 N–H and O–H groups in total. The first-order valence-corrected chi connectivity index (χ1v) is 6.67. The lowest BCUT2D eigenvalue weighted by Crippen LogP contribution is -2.43. The highest BCUT2D eigenvalue weighted by molar-refractivity contribution is 5.73. The van der Waals surface area contributed by atoms with Crippen LogP contribution in [0, 0.1) is 0 Å². The lowest BCUT2D eigenvalue weighted by molar-refractivity contribution is -0.274. The molecule has 0 spiro atoms. The molecule has 0 bridgehead atoms. The van der Waals surface area contributed by atoms with E-state index in [-0.39, 0.29) is 5.75 Å². The van der Waals surface area contributed by atoms with Crippen molar-refractivity contribution in [2.45, 2.75) is 38.2 Å². The molecular formula is C14H16F3NO3. The van der Waals surface area contributed by atoms with Gasteiger partial charge in [-0.2, -0.15) is 0 Å². The summed E-state index contributed by atoms with van der Waals surface area (Å²) in [5, 5.41) is 9.18. The Labute approximate surface area is 120 Å². The number of alkyl halides is 3. The maximum absolute atomic E-state index is 12.2. The van der Waals surface area contributed by atoms with Gasteiger partial charge in [0, 0.05) is 6.54 Å². The summed E-state index contributed by atoms with van der Waals surface area (Å²) >= 11 is 0. The number of benzene rings is 1. The Morgan fingerprint density at radius 1 is 1.38 bits per heavy atom. The van der Waals surface area contributed by atoms with E-state index in [4.69, 9.17) is 0 Å². The molecule has 0 aromatic heterocycles. The fourth-order valence-corrected chi connectivity index (χ4v) is 2.54. The molecule has 4 nitrogen and oxygen atoms in total. The fraction of sp³-hybridized carbons (Fsp3) is 0.500. The number of hydrogen-bond acceptors (Lipinski definition) is 3. The van der Waals surface area contributed by atoms with Crippen LogP contribution in [-0.4, -0.2) is 34.9 Å². The molecule has 1 aromatic rings. The van der Waals surface area contributed by atoms with Gasteiger partial charge in [0.2, 0.25) is 0 Å². The molecule has 1 heterocycles. The van der Waals surface area contributed by atoms with E-state index in [0.717, 1.165) is 12.8 Å². The third kappa shape index (κ3) is 4.63. The van der Waals surface area contributed by atoms with Crippen molar-refractivity contribution in [2.24, 2.45) is 0 Å². The van der Waals surface area contributed by atoms with Crippen LogP contribution in [0.1, 0.15) is 24.8 Å². The van der Waals surface area contributed by atoms with E-state index in [9.17, 15) is 23.1 Å². The minimum atomic E-state index is -4.73. The Hall–Kier alpha value is -1.76. The normalized spacial score (nSPS) is 20.2. The molecule has 0 amide bonds. The quantitative estimate of drug-likeness (QED) is 0.929. The molecule has 1 aliphatic heterocycles. The van der Waals surface area contributed by atoms with Crippen molar-refractivity contribution in [3.8, 4) is 5.75 Å². The SMILES string of the molecule is O=C(O)C1CCCCN1Cc1cccc(OC(F)(F)F)c1. The number of piperidine rings is 1. The van der Waals surface area contributed by atoms with Gasteiger partial charge in [0.15, 0.2) is 0 Å². The van der Waals surface area contributed by atoms with Crippen molar-refractivity contribution in [1.29, 1.82) is 0 Å². The summed E-state index contributed by atoms with van der Waals surface area (Å²) in [6, 6.07) is 5.07. The summed E-state index contributed by atoms with van der Waals surface area (Å²) in [5.74, 6) is -1.18. The molecule has 21 heavy (non-hydrogen) atoms. The number of aliphatic carboxylic acids is 1. The summed E-state index contributed by atoms with van der Waals surface area (Å²) in [4.78, 5) is 13.0. The maximum atomic E-state index is 12.2. The molecule has 2 rings (SSSR count). The van der Waals surface area contributed by atoms with Gasteiger partial charge in [0.05, 0.1) is 0 Å². The van der Waals surface area contributed by atoms with Gasteiger partial charge in [-0.1, -0.05) is 18.6 Å². The number of carboxylic acids is 1. The predicted octanol–water partition coefficient (Wildman–Crippen LogP) is 3.02. The summed E-state index contributed by atoms with van der Waals surface area (Å²) in [7, 11) is 0. The number of ether oxygens (including phenoxy) is 1. The number of halogens is 3. The molecular weight excluding hydrogens is 287 g/mol. The van der Waals surface area contributed by atoms with Crippen LogP contribution in [0.4, 0.5) is 13.2 Å². The van der Waals surface area contributed by atoms with Crippen molar-refractivity contribution >= 4 is 5.97 Å². The van der Waals surface area contributed by atoms with Gasteiger partial charge in [-0.3, -0.25) is 9.69 Å². The van der Waals surface area contributed by atoms with Crippen molar-refractivity contribution in [3.05, 3.63) is 29.8 Å². The molecule has 0 saturated carbocycles. The van der Waals surface area contributed by atoms with E-state index in [1.54, 1.807) is 11.0 Å². The van der Waals surface area contributed by atoms with E-state index in [1.807, 2.05) is 0 Å². The van der Waals surface area contributed by atoms with Gasteiger partial charge in [0.25, 0.3) is 0 Å². The standard InChI is InChI=1S/C14H16F3NO3/c15-14(16,17)21-11-5-3-4-10(8-11)9-18-7-2-1-6-12(18)13(19)20/h3-5,8,12H,1-2,6-7,9H2,(H,19,20). The fourth-order valence-electron chi connectivity index (χ4n) is 2.54. The minimum absolute atomic E-state index is 0.288. The number of carboxylic acid groups (broad SMARTS) is 1. The van der Waals surface area contributed by atoms with Crippen molar-refractivity contribution in [3.63, 3.8) is 0 Å². The van der Waals surface area contributed by atoms with Crippen LogP contribution >= 0.6 is 0 Å². The zero-order chi connectivity index (χ0) is 15.5. The monoisotopic (exact) mass is 303 g/mol. The second kappa shape index (κ2) is 6.34. The van der Waals surface area contributed by atoms with Crippen molar-refractivity contribution in [1.82, 2.24) is 4.90 Å². The molecule has 1 saturated heterocycles. The number of hydrogen-bond donors (Lipinski definition) is 1. The highest BCUT2D eigenvalue weighted by Crippen LogP contribution is 2.25. The lowest BCUT2D eigenvalue weighted by Gasteiger charge is -2.32. The third-order valence-electron chi connectivity index (χ3n) is 3.42. The Balaban J connectivity index is 2.08. The molecule has 1 atom stereocenters. The molecule has 0 aliphatic carbocycles. The van der Waals surface area contributed by atoms with Crippen LogP contribution in [0.3, 0.4) is 0 Å². The van der Waals surface area contributed by atoms with Gasteiger partial charge < -0.3 is 9.84 Å². The van der Waals surface area contributed by atoms with Crippen molar-refractivity contribution in [2.75, 3.05) is 6.54 Å². The zero-order valence-corrected chi connectivity index (χ0v) is 11.3. The van der Waals surface area contributed by atoms with E-state index < -0.39 is 18.4 Å². The number of rotatable bonds is 4. The number of carbonyl (C=O) groups is 1. The average molecular weight is 303 g/mol. The molecule has 116 valence electrons. The zero-order valence-electron chi connectivity index (χ0n) is 11.3. The van der Waals surface area contributed by atoms with E-state index in [2.05, 4.69) is 4.74 Å². The summed E-state index contributed by atoms with van der Waals surface area (Å²) in [6.45, 7) is 0.924. The first kappa shape index (κ1) is 15.6. The molecule has 7 heteroatoms. The third-order valence-corrected chi connectivity index (χ3v) is 3.42. The van der Waals surface area contributed by atoms with Crippen LogP contribution in [0.2, 0.25) is 0 Å². The Bertz CT molecular complexity index is 504. The van der Waals surface area contributed by atoms with Gasteiger partial charge in [-0.15, -0.1) is 13.2 Å². The van der Waals surface area contributed by atoms with Crippen LogP contribution in [0.25, 0.3) is 0 Å². The molecule has 1 unspecified atom stereocenters. The molecule has 0 radical (unpaired) electrons. The average Bonchev–Trinajstić information content (AvgIpc) is 2.37. The Kier molecular flexibility index (Phi) is 4.72. The van der Waals surface area contributed by atoms with Gasteiger partial charge in [-0.25, -0.2) is 0 Å². The largest absolute Gasteiger partial charge is 0.573 e. The molecule has 1 aliphatic rings. The van der Waals surface area contributed by atoms with E-state index in [0.29, 0.717) is 25.1 Å².